The van der Waals surface area contributed by atoms with Crippen LogP contribution in [0, 0.1) is 11.3 Å². The summed E-state index contributed by atoms with van der Waals surface area (Å²) in [6.07, 6.45) is 0. The SMILES string of the molecule is N#Cc1ccc(NC(=O)CNS(=O)(=O)c2ccc(Cl)s2)cc1. The predicted molar refractivity (Wildman–Crippen MR) is 84.3 cm³/mol. The minimum Gasteiger partial charge on any atom is -0.325 e. The Bertz CT molecular complexity index is 823. The zero-order valence-corrected chi connectivity index (χ0v) is 13.4. The molecule has 0 spiro atoms. The second kappa shape index (κ2) is 6.89. The van der Waals surface area contributed by atoms with E-state index < -0.39 is 22.5 Å². The molecule has 0 aliphatic carbocycles. The molecule has 0 saturated heterocycles. The fourth-order valence-electron chi connectivity index (χ4n) is 1.51. The van der Waals surface area contributed by atoms with Crippen LogP contribution in [0.15, 0.2) is 40.6 Å². The molecule has 0 unspecified atom stereocenters. The highest BCUT2D eigenvalue weighted by Gasteiger charge is 2.17. The molecule has 1 aromatic heterocycles. The Kier molecular flexibility index (Phi) is 5.15. The van der Waals surface area contributed by atoms with Gasteiger partial charge in [-0.2, -0.15) is 5.26 Å². The Labute approximate surface area is 136 Å². The molecule has 9 heteroatoms. The van der Waals surface area contributed by atoms with E-state index in [-0.39, 0.29) is 4.21 Å². The number of carbonyl (C=O) groups is 1. The number of benzene rings is 1. The van der Waals surface area contributed by atoms with E-state index in [1.165, 1.54) is 12.1 Å². The lowest BCUT2D eigenvalue weighted by molar-refractivity contribution is -0.115. The van der Waals surface area contributed by atoms with Gasteiger partial charge in [-0.25, -0.2) is 13.1 Å². The minimum atomic E-state index is -3.76. The first-order chi connectivity index (χ1) is 10.4. The monoisotopic (exact) mass is 355 g/mol. The van der Waals surface area contributed by atoms with Crippen LogP contribution in [0.3, 0.4) is 0 Å². The molecule has 0 fully saturated rings. The maximum Gasteiger partial charge on any atom is 0.250 e. The number of rotatable bonds is 5. The number of amides is 1. The molecule has 2 N–H and O–H groups in total. The summed E-state index contributed by atoms with van der Waals surface area (Å²) < 4.78 is 26.4. The maximum absolute atomic E-state index is 11.9. The van der Waals surface area contributed by atoms with Crippen molar-refractivity contribution in [2.24, 2.45) is 0 Å². The van der Waals surface area contributed by atoms with Crippen LogP contribution in [-0.4, -0.2) is 20.9 Å². The molecule has 0 aliphatic heterocycles. The largest absolute Gasteiger partial charge is 0.325 e. The average Bonchev–Trinajstić information content (AvgIpc) is 2.94. The number of nitrogens with one attached hydrogen (secondary N) is 2. The molecular formula is C13H10ClN3O3S2. The average molecular weight is 356 g/mol. The van der Waals surface area contributed by atoms with Crippen molar-refractivity contribution in [3.05, 3.63) is 46.3 Å². The van der Waals surface area contributed by atoms with Crippen LogP contribution in [0.25, 0.3) is 0 Å². The number of anilines is 1. The standard InChI is InChI=1S/C13H10ClN3O3S2/c14-11-5-6-13(21-11)22(19,20)16-8-12(18)17-10-3-1-9(7-15)2-4-10/h1-6,16H,8H2,(H,17,18). The molecule has 1 heterocycles. The molecule has 6 nitrogen and oxygen atoms in total. The highest BCUT2D eigenvalue weighted by Crippen LogP contribution is 2.25. The van der Waals surface area contributed by atoms with Crippen LogP contribution in [0.5, 0.6) is 0 Å². The Morgan fingerprint density at radius 2 is 1.91 bits per heavy atom. The summed E-state index contributed by atoms with van der Waals surface area (Å²) in [5, 5.41) is 11.2. The summed E-state index contributed by atoms with van der Waals surface area (Å²) in [5.41, 5.74) is 0.940. The minimum absolute atomic E-state index is 0.0451. The van der Waals surface area contributed by atoms with Crippen LogP contribution in [0.2, 0.25) is 4.34 Å². The van der Waals surface area contributed by atoms with E-state index in [0.29, 0.717) is 15.6 Å². The van der Waals surface area contributed by atoms with Crippen molar-refractivity contribution in [3.8, 4) is 6.07 Å². The second-order valence-electron chi connectivity index (χ2n) is 4.12. The molecule has 0 atom stereocenters. The summed E-state index contributed by atoms with van der Waals surface area (Å²) in [4.78, 5) is 11.7. The van der Waals surface area contributed by atoms with E-state index in [4.69, 9.17) is 16.9 Å². The van der Waals surface area contributed by atoms with Crippen molar-refractivity contribution in [2.75, 3.05) is 11.9 Å². The summed E-state index contributed by atoms with van der Waals surface area (Å²) in [6, 6.07) is 11.0. The van der Waals surface area contributed by atoms with Crippen LogP contribution in [-0.2, 0) is 14.8 Å². The first kappa shape index (κ1) is 16.5. The van der Waals surface area contributed by atoms with E-state index >= 15 is 0 Å². The molecule has 0 saturated carbocycles. The van der Waals surface area contributed by atoms with E-state index in [0.717, 1.165) is 11.3 Å². The van der Waals surface area contributed by atoms with E-state index in [9.17, 15) is 13.2 Å². The third-order valence-corrected chi connectivity index (χ3v) is 5.66. The van der Waals surface area contributed by atoms with E-state index in [2.05, 4.69) is 10.0 Å². The first-order valence-electron chi connectivity index (χ1n) is 5.96. The summed E-state index contributed by atoms with van der Waals surface area (Å²) in [5.74, 6) is -0.518. The molecule has 22 heavy (non-hydrogen) atoms. The summed E-state index contributed by atoms with van der Waals surface area (Å²) in [6.45, 7) is -0.405. The molecule has 2 rings (SSSR count). The molecular weight excluding hydrogens is 346 g/mol. The fraction of sp³-hybridized carbons (Fsp3) is 0.0769. The number of carbonyl (C=O) groups excluding carboxylic acids is 1. The van der Waals surface area contributed by atoms with Gasteiger partial charge in [0, 0.05) is 5.69 Å². The quantitative estimate of drug-likeness (QED) is 0.858. The number of halogens is 1. The van der Waals surface area contributed by atoms with E-state index in [1.807, 2.05) is 6.07 Å². The Hall–Kier alpha value is -1.92. The number of sulfonamides is 1. The number of hydrogen-bond acceptors (Lipinski definition) is 5. The number of hydrogen-bond donors (Lipinski definition) is 2. The van der Waals surface area contributed by atoms with Gasteiger partial charge in [-0.15, -0.1) is 11.3 Å². The van der Waals surface area contributed by atoms with E-state index in [1.54, 1.807) is 24.3 Å². The van der Waals surface area contributed by atoms with Crippen molar-refractivity contribution in [3.63, 3.8) is 0 Å². The molecule has 1 aromatic carbocycles. The Balaban J connectivity index is 1.93. The molecule has 0 bridgehead atoms. The number of nitrogens with zero attached hydrogens (tertiary/aromatic N) is 1. The first-order valence-corrected chi connectivity index (χ1v) is 8.63. The smallest absolute Gasteiger partial charge is 0.250 e. The van der Waals surface area contributed by atoms with Crippen LogP contribution >= 0.6 is 22.9 Å². The van der Waals surface area contributed by atoms with Gasteiger partial charge in [0.2, 0.25) is 5.91 Å². The molecule has 1 amide bonds. The molecule has 0 aliphatic rings. The fourth-order valence-corrected chi connectivity index (χ4v) is 4.02. The van der Waals surface area contributed by atoms with Crippen molar-refractivity contribution < 1.29 is 13.2 Å². The van der Waals surface area contributed by atoms with Gasteiger partial charge >= 0.3 is 0 Å². The van der Waals surface area contributed by atoms with Gasteiger partial charge in [-0.05, 0) is 36.4 Å². The molecule has 0 radical (unpaired) electrons. The Morgan fingerprint density at radius 1 is 1.23 bits per heavy atom. The molecule has 2 aromatic rings. The number of thiophene rings is 1. The lowest BCUT2D eigenvalue weighted by atomic mass is 10.2. The normalized spacial score (nSPS) is 10.9. The predicted octanol–water partition coefficient (Wildman–Crippen LogP) is 2.19. The van der Waals surface area contributed by atoms with Crippen molar-refractivity contribution in [1.29, 1.82) is 5.26 Å². The third-order valence-electron chi connectivity index (χ3n) is 2.53. The van der Waals surface area contributed by atoms with Gasteiger partial charge in [-0.3, -0.25) is 4.79 Å². The van der Waals surface area contributed by atoms with Crippen LogP contribution < -0.4 is 10.0 Å². The van der Waals surface area contributed by atoms with Crippen molar-refractivity contribution in [1.82, 2.24) is 4.72 Å². The highest BCUT2D eigenvalue weighted by atomic mass is 35.5. The summed E-state index contributed by atoms with van der Waals surface area (Å²) in [7, 11) is -3.76. The van der Waals surface area contributed by atoms with Gasteiger partial charge < -0.3 is 5.32 Å². The van der Waals surface area contributed by atoms with Gasteiger partial charge in [0.25, 0.3) is 10.0 Å². The van der Waals surface area contributed by atoms with Crippen molar-refractivity contribution in [2.45, 2.75) is 4.21 Å². The maximum atomic E-state index is 11.9. The zero-order valence-electron chi connectivity index (χ0n) is 11.0. The van der Waals surface area contributed by atoms with Crippen LogP contribution in [0.4, 0.5) is 5.69 Å². The lowest BCUT2D eigenvalue weighted by Gasteiger charge is -2.06. The van der Waals surface area contributed by atoms with Crippen molar-refractivity contribution >= 4 is 44.6 Å². The van der Waals surface area contributed by atoms with Gasteiger partial charge in [0.05, 0.1) is 22.5 Å². The topological polar surface area (TPSA) is 99.1 Å². The van der Waals surface area contributed by atoms with Gasteiger partial charge in [-0.1, -0.05) is 11.6 Å². The zero-order chi connectivity index (χ0) is 16.2. The Morgan fingerprint density at radius 3 is 2.45 bits per heavy atom. The van der Waals surface area contributed by atoms with Gasteiger partial charge in [0.15, 0.2) is 0 Å². The van der Waals surface area contributed by atoms with Gasteiger partial charge in [0.1, 0.15) is 4.21 Å². The highest BCUT2D eigenvalue weighted by molar-refractivity contribution is 7.91. The molecule has 114 valence electrons. The lowest BCUT2D eigenvalue weighted by Crippen LogP contribution is -2.32. The third kappa shape index (κ3) is 4.29. The number of nitriles is 1. The summed E-state index contributed by atoms with van der Waals surface area (Å²) >= 11 is 6.59. The van der Waals surface area contributed by atoms with Crippen LogP contribution in [0.1, 0.15) is 5.56 Å². The second-order valence-corrected chi connectivity index (χ2v) is 7.83.